The van der Waals surface area contributed by atoms with Gasteiger partial charge in [-0.15, -0.1) is 0 Å². The van der Waals surface area contributed by atoms with Crippen molar-refractivity contribution in [2.45, 2.75) is 32.9 Å². The number of thiazole rings is 1. The van der Waals surface area contributed by atoms with Crippen molar-refractivity contribution in [1.82, 2.24) is 4.57 Å². The molecule has 6 nitrogen and oxygen atoms in total. The molecular formula is C27H26N2O4S. The summed E-state index contributed by atoms with van der Waals surface area (Å²) in [4.78, 5) is 30.7. The summed E-state index contributed by atoms with van der Waals surface area (Å²) in [7, 11) is 0. The van der Waals surface area contributed by atoms with Crippen LogP contribution in [-0.2, 0) is 16.1 Å². The Morgan fingerprint density at radius 2 is 1.74 bits per heavy atom. The normalized spacial score (nSPS) is 12.5. The first kappa shape index (κ1) is 23.4. The van der Waals surface area contributed by atoms with Gasteiger partial charge in [0.15, 0.2) is 4.80 Å². The molecule has 7 heteroatoms. The van der Waals surface area contributed by atoms with Gasteiger partial charge in [0.2, 0.25) is 0 Å². The number of aromatic nitrogens is 1. The van der Waals surface area contributed by atoms with Gasteiger partial charge in [0, 0.05) is 5.56 Å². The second-order valence-electron chi connectivity index (χ2n) is 7.62. The van der Waals surface area contributed by atoms with Crippen LogP contribution < -0.4 is 9.54 Å². The number of fused-ring (bicyclic) bond motifs is 1. The zero-order valence-corrected chi connectivity index (χ0v) is 20.0. The number of hydrogen-bond donors (Lipinski definition) is 0. The lowest BCUT2D eigenvalue weighted by Gasteiger charge is -2.16. The molecule has 3 aromatic carbocycles. The smallest absolute Gasteiger partial charge is 0.329 e. The first-order valence-corrected chi connectivity index (χ1v) is 12.0. The van der Waals surface area contributed by atoms with E-state index in [-0.39, 0.29) is 5.97 Å². The molecule has 1 amide bonds. The average molecular weight is 475 g/mol. The van der Waals surface area contributed by atoms with Crippen LogP contribution in [0.4, 0.5) is 0 Å². The van der Waals surface area contributed by atoms with Crippen LogP contribution in [0.3, 0.4) is 0 Å². The van der Waals surface area contributed by atoms with E-state index in [0.717, 1.165) is 15.8 Å². The van der Waals surface area contributed by atoms with E-state index in [0.29, 0.717) is 35.7 Å². The minimum absolute atomic E-state index is 0.291. The fraction of sp³-hybridized carbons (Fsp3) is 0.222. The van der Waals surface area contributed by atoms with Crippen LogP contribution in [0, 0.1) is 0 Å². The largest absolute Gasteiger partial charge is 0.489 e. The van der Waals surface area contributed by atoms with Gasteiger partial charge in [0.05, 0.1) is 16.8 Å². The zero-order chi connectivity index (χ0) is 23.9. The molecule has 4 aromatic rings. The van der Waals surface area contributed by atoms with E-state index in [9.17, 15) is 9.59 Å². The Morgan fingerprint density at radius 1 is 0.971 bits per heavy atom. The fourth-order valence-electron chi connectivity index (χ4n) is 3.68. The van der Waals surface area contributed by atoms with Crippen LogP contribution in [0.1, 0.15) is 42.2 Å². The maximum Gasteiger partial charge on any atom is 0.329 e. The standard InChI is InChI=1S/C27H26N2O4S/c1-3-22(26(31)32-4-2)29-23-15-8-9-16-24(23)34-27(29)28-25(30)20-13-10-14-21(17-20)33-18-19-11-6-5-7-12-19/h5-17,22H,3-4,18H2,1-2H3. The van der Waals surface area contributed by atoms with Gasteiger partial charge in [-0.25, -0.2) is 4.79 Å². The van der Waals surface area contributed by atoms with Crippen molar-refractivity contribution in [1.29, 1.82) is 0 Å². The van der Waals surface area contributed by atoms with Gasteiger partial charge in [-0.3, -0.25) is 4.79 Å². The molecule has 0 aliphatic carbocycles. The molecule has 0 radical (unpaired) electrons. The van der Waals surface area contributed by atoms with Crippen molar-refractivity contribution in [3.8, 4) is 5.75 Å². The van der Waals surface area contributed by atoms with Crippen molar-refractivity contribution in [3.05, 3.63) is 94.8 Å². The van der Waals surface area contributed by atoms with Crippen molar-refractivity contribution < 1.29 is 19.1 Å². The van der Waals surface area contributed by atoms with Gasteiger partial charge in [-0.05, 0) is 49.2 Å². The number of amides is 1. The van der Waals surface area contributed by atoms with Crippen molar-refractivity contribution in [2.24, 2.45) is 4.99 Å². The summed E-state index contributed by atoms with van der Waals surface area (Å²) in [6.45, 7) is 4.39. The van der Waals surface area contributed by atoms with Crippen molar-refractivity contribution in [2.75, 3.05) is 6.61 Å². The number of benzene rings is 3. The molecule has 0 bridgehead atoms. The molecule has 0 aliphatic heterocycles. The Kier molecular flexibility index (Phi) is 7.54. The molecule has 1 atom stereocenters. The maximum absolute atomic E-state index is 13.1. The summed E-state index contributed by atoms with van der Waals surface area (Å²) in [6.07, 6.45) is 0.518. The highest BCUT2D eigenvalue weighted by atomic mass is 32.1. The lowest BCUT2D eigenvalue weighted by Crippen LogP contribution is -2.29. The van der Waals surface area contributed by atoms with E-state index in [4.69, 9.17) is 9.47 Å². The lowest BCUT2D eigenvalue weighted by atomic mass is 10.2. The SMILES string of the molecule is CCOC(=O)C(CC)n1c(=NC(=O)c2cccc(OCc3ccccc3)c2)sc2ccccc21. The summed E-state index contributed by atoms with van der Waals surface area (Å²) < 4.78 is 13.9. The Labute approximate surface area is 202 Å². The second-order valence-corrected chi connectivity index (χ2v) is 8.63. The third kappa shape index (κ3) is 5.26. The number of carbonyl (C=O) groups is 2. The minimum Gasteiger partial charge on any atom is -0.489 e. The van der Waals surface area contributed by atoms with Crippen LogP contribution in [0.25, 0.3) is 10.2 Å². The van der Waals surface area contributed by atoms with Gasteiger partial charge in [-0.1, -0.05) is 66.8 Å². The van der Waals surface area contributed by atoms with E-state index in [2.05, 4.69) is 4.99 Å². The second kappa shape index (κ2) is 10.9. The maximum atomic E-state index is 13.1. The summed E-state index contributed by atoms with van der Waals surface area (Å²) in [6, 6.07) is 24.0. The van der Waals surface area contributed by atoms with E-state index in [1.165, 1.54) is 11.3 Å². The van der Waals surface area contributed by atoms with Gasteiger partial charge in [0.25, 0.3) is 5.91 Å². The molecule has 0 saturated carbocycles. The molecule has 1 unspecified atom stereocenters. The first-order chi connectivity index (χ1) is 16.6. The molecular weight excluding hydrogens is 448 g/mol. The fourth-order valence-corrected chi connectivity index (χ4v) is 4.74. The Bertz CT molecular complexity index is 1360. The minimum atomic E-state index is -0.566. The van der Waals surface area contributed by atoms with Gasteiger partial charge in [-0.2, -0.15) is 4.99 Å². The van der Waals surface area contributed by atoms with Crippen LogP contribution >= 0.6 is 11.3 Å². The van der Waals surface area contributed by atoms with Crippen molar-refractivity contribution in [3.63, 3.8) is 0 Å². The van der Waals surface area contributed by atoms with E-state index < -0.39 is 11.9 Å². The highest BCUT2D eigenvalue weighted by Gasteiger charge is 2.24. The topological polar surface area (TPSA) is 69.9 Å². The molecule has 1 heterocycles. The molecule has 4 rings (SSSR count). The molecule has 0 N–H and O–H groups in total. The number of ether oxygens (including phenoxy) is 2. The highest BCUT2D eigenvalue weighted by molar-refractivity contribution is 7.16. The zero-order valence-electron chi connectivity index (χ0n) is 19.1. The first-order valence-electron chi connectivity index (χ1n) is 11.2. The molecule has 0 fully saturated rings. The van der Waals surface area contributed by atoms with Gasteiger partial charge >= 0.3 is 5.97 Å². The quantitative estimate of drug-likeness (QED) is 0.315. The Hall–Kier alpha value is -3.71. The highest BCUT2D eigenvalue weighted by Crippen LogP contribution is 2.24. The van der Waals surface area contributed by atoms with Crippen molar-refractivity contribution >= 4 is 33.4 Å². The molecule has 1 aromatic heterocycles. The van der Waals surface area contributed by atoms with Crippen LogP contribution in [0.5, 0.6) is 5.75 Å². The summed E-state index contributed by atoms with van der Waals surface area (Å²) in [5.41, 5.74) is 2.30. The molecule has 0 aliphatic rings. The van der Waals surface area contributed by atoms with Crippen LogP contribution in [0.2, 0.25) is 0 Å². The van der Waals surface area contributed by atoms with Crippen LogP contribution in [0.15, 0.2) is 83.9 Å². The predicted molar refractivity (Wildman–Crippen MR) is 133 cm³/mol. The summed E-state index contributed by atoms with van der Waals surface area (Å²) >= 11 is 1.37. The number of para-hydroxylation sites is 1. The summed E-state index contributed by atoms with van der Waals surface area (Å²) in [5, 5.41) is 0. The average Bonchev–Trinajstić information content (AvgIpc) is 3.22. The third-order valence-corrected chi connectivity index (χ3v) is 6.35. The monoisotopic (exact) mass is 474 g/mol. The number of rotatable bonds is 8. The number of esters is 1. The lowest BCUT2D eigenvalue weighted by molar-refractivity contribution is -0.147. The summed E-state index contributed by atoms with van der Waals surface area (Å²) in [5.74, 6) is -0.144. The van der Waals surface area contributed by atoms with E-state index in [1.807, 2.05) is 72.2 Å². The van der Waals surface area contributed by atoms with E-state index >= 15 is 0 Å². The van der Waals surface area contributed by atoms with E-state index in [1.54, 1.807) is 25.1 Å². The third-order valence-electron chi connectivity index (χ3n) is 5.32. The number of hydrogen-bond acceptors (Lipinski definition) is 5. The van der Waals surface area contributed by atoms with Gasteiger partial charge < -0.3 is 14.0 Å². The molecule has 34 heavy (non-hydrogen) atoms. The van der Waals surface area contributed by atoms with Crippen LogP contribution in [-0.4, -0.2) is 23.1 Å². The molecule has 0 saturated heterocycles. The predicted octanol–water partition coefficient (Wildman–Crippen LogP) is 5.54. The molecule has 174 valence electrons. The number of nitrogens with zero attached hydrogens (tertiary/aromatic N) is 2. The Balaban J connectivity index is 1.67. The Morgan fingerprint density at radius 3 is 2.50 bits per heavy atom. The number of carbonyl (C=O) groups excluding carboxylic acids is 2. The van der Waals surface area contributed by atoms with Gasteiger partial charge in [0.1, 0.15) is 18.4 Å². The molecule has 0 spiro atoms.